The van der Waals surface area contributed by atoms with Crippen LogP contribution in [0, 0.1) is 6.92 Å². The summed E-state index contributed by atoms with van der Waals surface area (Å²) in [6, 6.07) is 6.00. The highest BCUT2D eigenvalue weighted by molar-refractivity contribution is 9.11. The molecule has 2 aromatic heterocycles. The Morgan fingerprint density at radius 3 is 2.81 bits per heavy atom. The Kier molecular flexibility index (Phi) is 4.92. The van der Waals surface area contributed by atoms with Gasteiger partial charge in [0.1, 0.15) is 11.2 Å². The number of aromatic nitrogens is 3. The van der Waals surface area contributed by atoms with E-state index in [0.717, 1.165) is 28.7 Å². The van der Waals surface area contributed by atoms with Crippen molar-refractivity contribution in [1.29, 1.82) is 0 Å². The van der Waals surface area contributed by atoms with Gasteiger partial charge in [0, 0.05) is 35.5 Å². The average molecular weight is 494 g/mol. The number of hydrogen-bond donors (Lipinski definition) is 3. The molecule has 1 atom stereocenters. The summed E-state index contributed by atoms with van der Waals surface area (Å²) in [6.45, 7) is 3.50. The van der Waals surface area contributed by atoms with Gasteiger partial charge in [-0.25, -0.2) is 4.98 Å². The number of nitrogens with two attached hydrogens (primary N) is 1. The predicted octanol–water partition coefficient (Wildman–Crippen LogP) is 3.43. The van der Waals surface area contributed by atoms with Gasteiger partial charge in [0.25, 0.3) is 5.56 Å². The number of anilines is 3. The molecule has 3 aromatic rings. The zero-order chi connectivity index (χ0) is 19.1. The molecule has 1 aliphatic heterocycles. The number of nitrogens with zero attached hydrogens (tertiary/aromatic N) is 3. The molecule has 0 radical (unpaired) electrons. The van der Waals surface area contributed by atoms with Gasteiger partial charge in [-0.15, -0.1) is 0 Å². The maximum Gasteiger partial charge on any atom is 0.261 e. The fourth-order valence-electron chi connectivity index (χ4n) is 3.17. The first-order valence-corrected chi connectivity index (χ1v) is 10.1. The minimum atomic E-state index is -0.241. The van der Waals surface area contributed by atoms with Crippen molar-refractivity contribution < 1.29 is 0 Å². The van der Waals surface area contributed by atoms with Crippen molar-refractivity contribution in [2.75, 3.05) is 23.3 Å². The van der Waals surface area contributed by atoms with Gasteiger partial charge in [0.15, 0.2) is 0 Å². The molecule has 3 heterocycles. The summed E-state index contributed by atoms with van der Waals surface area (Å²) < 4.78 is 1.73. The van der Waals surface area contributed by atoms with E-state index < -0.39 is 0 Å². The normalized spacial score (nSPS) is 16.9. The Morgan fingerprint density at radius 2 is 2.11 bits per heavy atom. The summed E-state index contributed by atoms with van der Waals surface area (Å²) in [6.07, 6.45) is 2.50. The first kappa shape index (κ1) is 18.4. The Bertz CT molecular complexity index is 1080. The monoisotopic (exact) mass is 492 g/mol. The molecule has 9 heteroatoms. The number of nitrogens with one attached hydrogen (secondary N) is 2. The lowest BCUT2D eigenvalue weighted by atomic mass is 10.2. The van der Waals surface area contributed by atoms with Crippen LogP contribution in [-0.2, 0) is 0 Å². The maximum atomic E-state index is 12.5. The summed E-state index contributed by atoms with van der Waals surface area (Å²) in [5.74, 6) is 1.04. The number of aromatic amines is 1. The van der Waals surface area contributed by atoms with Crippen LogP contribution in [0.25, 0.3) is 10.9 Å². The predicted molar refractivity (Wildman–Crippen MR) is 115 cm³/mol. The zero-order valence-electron chi connectivity index (χ0n) is 14.6. The highest BCUT2D eigenvalue weighted by atomic mass is 79.9. The van der Waals surface area contributed by atoms with Crippen LogP contribution in [0.4, 0.5) is 17.5 Å². The third-order valence-electron chi connectivity index (χ3n) is 4.61. The quantitative estimate of drug-likeness (QED) is 0.516. The molecule has 0 amide bonds. The second-order valence-electron chi connectivity index (χ2n) is 6.65. The van der Waals surface area contributed by atoms with Crippen LogP contribution >= 0.6 is 31.9 Å². The first-order chi connectivity index (χ1) is 12.9. The van der Waals surface area contributed by atoms with Crippen molar-refractivity contribution in [2.24, 2.45) is 5.73 Å². The van der Waals surface area contributed by atoms with E-state index in [1.807, 2.05) is 25.1 Å². The molecule has 1 unspecified atom stereocenters. The molecule has 0 bridgehead atoms. The van der Waals surface area contributed by atoms with Crippen molar-refractivity contribution in [1.82, 2.24) is 15.0 Å². The molecular weight excluding hydrogens is 476 g/mol. The number of benzene rings is 1. The molecule has 1 aliphatic rings. The SMILES string of the molecule is Cc1cc(Nc2nc(N3CCC(N)C3)nc3c(Br)c[nH]c(=O)c23)ccc1Br. The fourth-order valence-corrected chi connectivity index (χ4v) is 3.81. The largest absolute Gasteiger partial charge is 0.339 e. The zero-order valence-corrected chi connectivity index (χ0v) is 17.8. The van der Waals surface area contributed by atoms with Gasteiger partial charge in [-0.1, -0.05) is 15.9 Å². The summed E-state index contributed by atoms with van der Waals surface area (Å²) in [5, 5.41) is 3.70. The average Bonchev–Trinajstić information content (AvgIpc) is 3.07. The van der Waals surface area contributed by atoms with Crippen LogP contribution in [-0.4, -0.2) is 34.1 Å². The van der Waals surface area contributed by atoms with Crippen molar-refractivity contribution in [2.45, 2.75) is 19.4 Å². The van der Waals surface area contributed by atoms with Gasteiger partial charge in [-0.2, -0.15) is 4.98 Å². The van der Waals surface area contributed by atoms with Crippen LogP contribution < -0.4 is 21.5 Å². The van der Waals surface area contributed by atoms with Crippen molar-refractivity contribution >= 4 is 60.2 Å². The lowest BCUT2D eigenvalue weighted by molar-refractivity contribution is 0.750. The van der Waals surface area contributed by atoms with E-state index in [4.69, 9.17) is 5.73 Å². The molecule has 1 aromatic carbocycles. The minimum Gasteiger partial charge on any atom is -0.339 e. The van der Waals surface area contributed by atoms with Gasteiger partial charge in [0.2, 0.25) is 5.95 Å². The molecule has 27 heavy (non-hydrogen) atoms. The van der Waals surface area contributed by atoms with Crippen molar-refractivity contribution in [3.8, 4) is 0 Å². The van der Waals surface area contributed by atoms with Gasteiger partial charge < -0.3 is 20.9 Å². The lowest BCUT2D eigenvalue weighted by Gasteiger charge is -2.18. The molecule has 7 nitrogen and oxygen atoms in total. The second-order valence-corrected chi connectivity index (χ2v) is 8.35. The minimum absolute atomic E-state index is 0.109. The molecule has 4 rings (SSSR count). The molecule has 0 aliphatic carbocycles. The van der Waals surface area contributed by atoms with Crippen LogP contribution in [0.1, 0.15) is 12.0 Å². The number of aryl methyl sites for hydroxylation is 1. The maximum absolute atomic E-state index is 12.5. The molecule has 140 valence electrons. The van der Waals surface area contributed by atoms with E-state index in [-0.39, 0.29) is 11.6 Å². The van der Waals surface area contributed by atoms with E-state index in [9.17, 15) is 4.79 Å². The number of fused-ring (bicyclic) bond motifs is 1. The van der Waals surface area contributed by atoms with Crippen LogP contribution in [0.5, 0.6) is 0 Å². The number of halogens is 2. The third-order valence-corrected chi connectivity index (χ3v) is 6.10. The summed E-state index contributed by atoms with van der Waals surface area (Å²) in [7, 11) is 0. The van der Waals surface area contributed by atoms with Crippen LogP contribution in [0.3, 0.4) is 0 Å². The van der Waals surface area contributed by atoms with Gasteiger partial charge in [-0.3, -0.25) is 4.79 Å². The van der Waals surface area contributed by atoms with E-state index in [0.29, 0.717) is 33.7 Å². The highest BCUT2D eigenvalue weighted by Gasteiger charge is 2.24. The molecule has 4 N–H and O–H groups in total. The topological polar surface area (TPSA) is 99.9 Å². The number of rotatable bonds is 3. The Morgan fingerprint density at radius 1 is 1.30 bits per heavy atom. The van der Waals surface area contributed by atoms with E-state index in [1.165, 1.54) is 0 Å². The van der Waals surface area contributed by atoms with Crippen molar-refractivity contribution in [3.63, 3.8) is 0 Å². The lowest BCUT2D eigenvalue weighted by Crippen LogP contribution is -2.28. The Balaban J connectivity index is 1.87. The fraction of sp³-hybridized carbons (Fsp3) is 0.278. The highest BCUT2D eigenvalue weighted by Crippen LogP contribution is 2.30. The third kappa shape index (κ3) is 3.59. The van der Waals surface area contributed by atoms with E-state index in [1.54, 1.807) is 6.20 Å². The molecular formula is C18H18Br2N6O. The van der Waals surface area contributed by atoms with Crippen LogP contribution in [0.15, 0.2) is 38.1 Å². The van der Waals surface area contributed by atoms with Gasteiger partial charge in [-0.05, 0) is 53.0 Å². The number of H-pyrrole nitrogens is 1. The van der Waals surface area contributed by atoms with Crippen molar-refractivity contribution in [3.05, 3.63) is 49.3 Å². The molecule has 0 saturated carbocycles. The standard InChI is InChI=1S/C18H18Br2N6O/c1-9-6-11(2-3-12(9)19)23-16-14-15(13(20)7-22-17(14)27)24-18(25-16)26-5-4-10(21)8-26/h2-3,6-7,10H,4-5,8,21H2,1H3,(H,22,27)(H,23,24,25). The van der Waals surface area contributed by atoms with Gasteiger partial charge >= 0.3 is 0 Å². The van der Waals surface area contributed by atoms with Gasteiger partial charge in [0.05, 0.1) is 9.99 Å². The van der Waals surface area contributed by atoms with Crippen LogP contribution in [0.2, 0.25) is 0 Å². The summed E-state index contributed by atoms with van der Waals surface area (Å²) in [5.41, 5.74) is 8.30. The number of hydrogen-bond acceptors (Lipinski definition) is 6. The van der Waals surface area contributed by atoms with E-state index >= 15 is 0 Å². The van der Waals surface area contributed by atoms with E-state index in [2.05, 4.69) is 57.0 Å². The molecule has 1 saturated heterocycles. The smallest absolute Gasteiger partial charge is 0.261 e. The first-order valence-electron chi connectivity index (χ1n) is 8.55. The Labute approximate surface area is 172 Å². The summed E-state index contributed by atoms with van der Waals surface area (Å²) >= 11 is 6.99. The molecule has 0 spiro atoms. The Hall–Kier alpha value is -1.97. The molecule has 1 fully saturated rings. The summed E-state index contributed by atoms with van der Waals surface area (Å²) in [4.78, 5) is 26.6. The number of pyridine rings is 1. The second kappa shape index (κ2) is 7.21.